The molecule has 0 saturated heterocycles. The van der Waals surface area contributed by atoms with Crippen molar-refractivity contribution in [3.8, 4) is 73.1 Å². The number of ether oxygens (including phenoxy) is 2. The smallest absolute Gasteiger partial charge is 0.496 e. The second-order valence-corrected chi connectivity index (χ2v) is 26.4. The van der Waals surface area contributed by atoms with Crippen LogP contribution in [0.2, 0.25) is 6.32 Å². The number of rotatable bonds is 16. The number of hydrogen-bond acceptors (Lipinski definition) is 9. The molecule has 8 aromatic rings. The molecule has 2 heterocycles. The molecule has 2 saturated carbocycles. The molecule has 0 aliphatic heterocycles. The highest BCUT2D eigenvalue weighted by Crippen LogP contribution is 2.57. The summed E-state index contributed by atoms with van der Waals surface area (Å²) in [5.74, 6) is 2.47. The molecule has 0 spiro atoms. The molecule has 15 heteroatoms. The van der Waals surface area contributed by atoms with Crippen molar-refractivity contribution >= 4 is 30.5 Å². The monoisotopic (exact) mass is 1180 g/mol. The van der Waals surface area contributed by atoms with Crippen LogP contribution in [-0.4, -0.2) is 66.6 Å². The minimum absolute atomic E-state index is 0.182. The summed E-state index contributed by atoms with van der Waals surface area (Å²) < 4.78 is 75.5. The Hall–Kier alpha value is -6.83. The van der Waals surface area contributed by atoms with Crippen LogP contribution >= 0.6 is 7.92 Å². The van der Waals surface area contributed by atoms with Crippen LogP contribution in [0.5, 0.6) is 17.2 Å². The van der Waals surface area contributed by atoms with E-state index in [1.807, 2.05) is 62.5 Å². The Morgan fingerprint density at radius 1 is 0.548 bits per heavy atom. The van der Waals surface area contributed by atoms with Crippen molar-refractivity contribution in [2.24, 2.45) is 11.8 Å². The van der Waals surface area contributed by atoms with Crippen LogP contribution in [0.15, 0.2) is 188 Å². The number of hydrogen-bond donors (Lipinski definition) is 2. The fourth-order valence-electron chi connectivity index (χ4n) is 10.9. The Morgan fingerprint density at radius 3 is 1.45 bits per heavy atom. The highest BCUT2D eigenvalue weighted by Gasteiger charge is 2.48. The highest BCUT2D eigenvalue weighted by molar-refractivity contribution is 7.88. The highest BCUT2D eigenvalue weighted by atomic mass is 32.2. The fraction of sp³-hybridized carbons (Fsp3) is 0.333. The van der Waals surface area contributed by atoms with Gasteiger partial charge in [0.05, 0.1) is 31.2 Å². The van der Waals surface area contributed by atoms with Gasteiger partial charge in [-0.25, -0.2) is 0 Å². The van der Waals surface area contributed by atoms with Crippen molar-refractivity contribution in [1.82, 2.24) is 9.97 Å². The molecular weight excluding hydrogens is 1100 g/mol. The first-order valence-corrected chi connectivity index (χ1v) is 32.0. The fourth-order valence-corrected chi connectivity index (χ4v) is 15.3. The third kappa shape index (κ3) is 18.8. The van der Waals surface area contributed by atoms with Crippen molar-refractivity contribution in [2.75, 3.05) is 14.2 Å². The van der Waals surface area contributed by atoms with Gasteiger partial charge in [-0.1, -0.05) is 189 Å². The summed E-state index contributed by atoms with van der Waals surface area (Å²) in [5.41, 5.74) is 7.58. The number of benzene rings is 6. The Morgan fingerprint density at radius 2 is 1.00 bits per heavy atom. The second-order valence-electron chi connectivity index (χ2n) is 22.1. The molecule has 0 radical (unpaired) electrons. The van der Waals surface area contributed by atoms with Gasteiger partial charge in [0.1, 0.15) is 17.2 Å². The van der Waals surface area contributed by atoms with E-state index in [2.05, 4.69) is 113 Å². The molecule has 9 nitrogen and oxygen atoms in total. The number of methoxy groups -OCH3 is 2. The van der Waals surface area contributed by atoms with Crippen LogP contribution in [0.25, 0.3) is 55.9 Å². The van der Waals surface area contributed by atoms with Gasteiger partial charge in [0.25, 0.3) is 0 Å². The molecular formula is C69H79BF3N2O7PS. The summed E-state index contributed by atoms with van der Waals surface area (Å²) in [6.07, 6.45) is 19.2. The van der Waals surface area contributed by atoms with E-state index in [9.17, 15) is 21.6 Å². The van der Waals surface area contributed by atoms with E-state index in [1.165, 1.54) is 98.6 Å². The number of halogens is 3. The Kier molecular flexibility index (Phi) is 24.6. The summed E-state index contributed by atoms with van der Waals surface area (Å²) in [4.78, 5) is 8.69. The minimum atomic E-state index is -5.71. The van der Waals surface area contributed by atoms with Crippen molar-refractivity contribution in [1.29, 1.82) is 0 Å². The second kappa shape index (κ2) is 31.9. The molecule has 442 valence electrons. The predicted octanol–water partition coefficient (Wildman–Crippen LogP) is 17.5. The first-order chi connectivity index (χ1) is 40.4. The van der Waals surface area contributed by atoms with Gasteiger partial charge in [0.15, 0.2) is 0 Å². The van der Waals surface area contributed by atoms with Gasteiger partial charge in [0, 0.05) is 23.5 Å². The lowest BCUT2D eigenvalue weighted by atomic mass is 9.80. The largest absolute Gasteiger partial charge is 0.534 e. The van der Waals surface area contributed by atoms with Crippen molar-refractivity contribution in [3.05, 3.63) is 194 Å². The van der Waals surface area contributed by atoms with Gasteiger partial charge >= 0.3 is 22.7 Å². The van der Waals surface area contributed by atoms with Crippen LogP contribution in [0.1, 0.15) is 97.5 Å². The van der Waals surface area contributed by atoms with Crippen molar-refractivity contribution < 1.29 is 45.3 Å². The van der Waals surface area contributed by atoms with Crippen LogP contribution < -0.4 is 19.0 Å². The lowest BCUT2D eigenvalue weighted by Crippen LogP contribution is -2.28. The molecule has 2 N–H and O–H groups in total. The maximum Gasteiger partial charge on any atom is 0.534 e. The maximum absolute atomic E-state index is 12.5. The molecule has 0 atom stereocenters. The molecule has 2 aromatic heterocycles. The van der Waals surface area contributed by atoms with E-state index in [4.69, 9.17) is 19.5 Å². The number of nitrogens with zero attached hydrogens (tertiary/aromatic N) is 2. The topological polar surface area (TPSA) is 128 Å². The summed E-state index contributed by atoms with van der Waals surface area (Å²) in [5, 5.41) is 18.1. The Balaban J connectivity index is 0.000000172. The lowest BCUT2D eigenvalue weighted by molar-refractivity contribution is -0.0500. The minimum Gasteiger partial charge on any atom is -0.496 e. The number of aromatic nitrogens is 2. The van der Waals surface area contributed by atoms with E-state index in [0.29, 0.717) is 29.3 Å². The van der Waals surface area contributed by atoms with Crippen molar-refractivity contribution in [3.63, 3.8) is 0 Å². The molecule has 84 heavy (non-hydrogen) atoms. The van der Waals surface area contributed by atoms with E-state index in [-0.39, 0.29) is 7.92 Å². The normalized spacial score (nSPS) is 13.8. The maximum atomic E-state index is 12.5. The summed E-state index contributed by atoms with van der Waals surface area (Å²) in [6.45, 7) is 8.40. The lowest BCUT2D eigenvalue weighted by Gasteiger charge is -2.39. The third-order valence-corrected chi connectivity index (χ3v) is 19.2. The molecule has 0 bridgehead atoms. The van der Waals surface area contributed by atoms with E-state index < -0.39 is 28.5 Å². The first kappa shape index (κ1) is 64.7. The van der Waals surface area contributed by atoms with E-state index in [0.717, 1.165) is 63.4 Å². The zero-order valence-corrected chi connectivity index (χ0v) is 50.8. The van der Waals surface area contributed by atoms with Crippen LogP contribution in [0.4, 0.5) is 13.2 Å². The number of alkyl halides is 3. The molecule has 0 unspecified atom stereocenters. The average molecular weight is 1180 g/mol. The summed E-state index contributed by atoms with van der Waals surface area (Å²) in [7, 11) is -3.48. The van der Waals surface area contributed by atoms with Gasteiger partial charge < -0.3 is 23.7 Å². The molecule has 2 fully saturated rings. The predicted molar refractivity (Wildman–Crippen MR) is 339 cm³/mol. The van der Waals surface area contributed by atoms with Gasteiger partial charge in [-0.2, -0.15) is 21.6 Å². The summed E-state index contributed by atoms with van der Waals surface area (Å²) in [6, 6.07) is 56.9. The van der Waals surface area contributed by atoms with Gasteiger partial charge in [-0.15, -0.1) is 0 Å². The molecule has 10 rings (SSSR count). The Labute approximate surface area is 497 Å². The number of pyridine rings is 2. The van der Waals surface area contributed by atoms with Crippen LogP contribution in [-0.2, 0) is 16.5 Å². The van der Waals surface area contributed by atoms with Gasteiger partial charge in [-0.3, -0.25) is 9.97 Å². The summed E-state index contributed by atoms with van der Waals surface area (Å²) >= 11 is 0. The van der Waals surface area contributed by atoms with Crippen molar-refractivity contribution in [2.45, 2.75) is 121 Å². The van der Waals surface area contributed by atoms with Crippen LogP contribution in [0, 0.1) is 11.8 Å². The van der Waals surface area contributed by atoms with E-state index in [1.54, 1.807) is 56.1 Å². The van der Waals surface area contributed by atoms with Gasteiger partial charge in [-0.05, 0) is 161 Å². The van der Waals surface area contributed by atoms with E-state index >= 15 is 0 Å². The first-order valence-electron chi connectivity index (χ1n) is 29.1. The molecule has 2 aliphatic rings. The van der Waals surface area contributed by atoms with Crippen LogP contribution in [0.3, 0.4) is 0 Å². The zero-order chi connectivity index (χ0) is 60.1. The molecule has 6 aromatic carbocycles. The standard InChI is InChI=1S/C26H35O2P.C21H21N.C18H12F3NO3S.C4H11BO2/c1-27-23-17-11-18-24(28-2)26(23)22-16-9-10-19-25(22)29(20-12-5-3-6-13-20)21-14-7-4-8-15-21;1-16(2)13-17-7-5-8-18(14-17)19-9-6-10-20(15-19)21-11-3-4-12-22-21;19-18(20,21)26(23,24)25-16-8-4-6-14(12-16)13-5-3-7-15(11-13)17-9-1-2-10-22-17;1-4(2)3-5(6)7/h9-11,16-21H,3-8,12-15H2,1-2H3;3-12,14-16H,13H2,1-2H3;1-12H;4,6-7H,3H2,1-2H3. The van der Waals surface area contributed by atoms with Gasteiger partial charge in [0.2, 0.25) is 0 Å². The Bertz CT molecular complexity index is 3350. The zero-order valence-electron chi connectivity index (χ0n) is 49.1. The SMILES string of the molecule is CC(C)CB(O)O.CC(C)Cc1cccc(-c2cccc(-c3ccccn3)c2)c1.COc1cccc(OC)c1-c1ccccc1P(C1CCCCC1)C1CCCCC1.O=S(=O)(Oc1cccc(-c2cccc(-c3ccccn3)c2)c1)C(F)(F)F. The average Bonchev–Trinajstić information content (AvgIpc) is 2.48. The quantitative estimate of drug-likeness (QED) is 0.0421. The third-order valence-electron chi connectivity index (χ3n) is 14.7. The molecule has 2 aliphatic carbocycles. The molecule has 0 amide bonds.